The van der Waals surface area contributed by atoms with Crippen molar-refractivity contribution in [3.63, 3.8) is 0 Å². The van der Waals surface area contributed by atoms with E-state index in [0.717, 1.165) is 22.6 Å². The van der Waals surface area contributed by atoms with Crippen molar-refractivity contribution in [2.45, 2.75) is 25.7 Å². The van der Waals surface area contributed by atoms with E-state index in [1.54, 1.807) is 23.0 Å². The standard InChI is InChI=1S/C13H13F3N2S/c1-9(12-7-17-8-19-12)18-6-10-2-4-11(5-3-10)13(14,15)16/h2-5,7-9,18H,6H2,1H3. The molecule has 1 heterocycles. The van der Waals surface area contributed by atoms with Gasteiger partial charge in [-0.05, 0) is 24.6 Å². The number of thiazole rings is 1. The molecule has 1 N–H and O–H groups in total. The van der Waals surface area contributed by atoms with Crippen molar-refractivity contribution >= 4 is 11.3 Å². The lowest BCUT2D eigenvalue weighted by Crippen LogP contribution is -2.17. The summed E-state index contributed by atoms with van der Waals surface area (Å²) >= 11 is 1.55. The lowest BCUT2D eigenvalue weighted by atomic mass is 10.1. The molecule has 0 radical (unpaired) electrons. The Kier molecular flexibility index (Phi) is 4.21. The first-order valence-electron chi connectivity index (χ1n) is 5.75. The van der Waals surface area contributed by atoms with Crippen LogP contribution in [0.15, 0.2) is 36.0 Å². The highest BCUT2D eigenvalue weighted by Gasteiger charge is 2.29. The molecule has 2 aromatic rings. The highest BCUT2D eigenvalue weighted by molar-refractivity contribution is 7.09. The van der Waals surface area contributed by atoms with Crippen LogP contribution >= 0.6 is 11.3 Å². The van der Waals surface area contributed by atoms with Gasteiger partial charge in [0.1, 0.15) is 0 Å². The molecule has 2 nitrogen and oxygen atoms in total. The average Bonchev–Trinajstić information content (AvgIpc) is 2.89. The zero-order chi connectivity index (χ0) is 13.9. The van der Waals surface area contributed by atoms with Crippen molar-refractivity contribution < 1.29 is 13.2 Å². The van der Waals surface area contributed by atoms with Gasteiger partial charge in [0.25, 0.3) is 0 Å². The minimum Gasteiger partial charge on any atom is -0.305 e. The number of benzene rings is 1. The number of rotatable bonds is 4. The van der Waals surface area contributed by atoms with E-state index in [1.807, 2.05) is 6.92 Å². The van der Waals surface area contributed by atoms with E-state index in [9.17, 15) is 13.2 Å². The molecule has 0 aliphatic carbocycles. The smallest absolute Gasteiger partial charge is 0.305 e. The Bertz CT molecular complexity index is 506. The second-order valence-electron chi connectivity index (χ2n) is 4.20. The van der Waals surface area contributed by atoms with Gasteiger partial charge in [0.15, 0.2) is 0 Å². The Hall–Kier alpha value is -1.40. The molecule has 0 bridgehead atoms. The predicted molar refractivity (Wildman–Crippen MR) is 68.8 cm³/mol. The maximum Gasteiger partial charge on any atom is 0.416 e. The molecule has 102 valence electrons. The van der Waals surface area contributed by atoms with Crippen molar-refractivity contribution in [1.29, 1.82) is 0 Å². The van der Waals surface area contributed by atoms with Crippen molar-refractivity contribution in [3.05, 3.63) is 52.0 Å². The van der Waals surface area contributed by atoms with E-state index in [4.69, 9.17) is 0 Å². The van der Waals surface area contributed by atoms with Gasteiger partial charge in [-0.25, -0.2) is 0 Å². The first-order chi connectivity index (χ1) is 8.97. The van der Waals surface area contributed by atoms with Crippen LogP contribution in [0.4, 0.5) is 13.2 Å². The summed E-state index contributed by atoms with van der Waals surface area (Å²) in [5.74, 6) is 0. The van der Waals surface area contributed by atoms with Gasteiger partial charge >= 0.3 is 6.18 Å². The first kappa shape index (κ1) is 14.0. The molecule has 0 amide bonds. The molecule has 0 spiro atoms. The summed E-state index contributed by atoms with van der Waals surface area (Å²) in [5.41, 5.74) is 1.96. The van der Waals surface area contributed by atoms with E-state index < -0.39 is 11.7 Å². The van der Waals surface area contributed by atoms with Crippen LogP contribution in [-0.4, -0.2) is 4.98 Å². The summed E-state index contributed by atoms with van der Waals surface area (Å²) < 4.78 is 37.2. The molecule has 1 atom stereocenters. The summed E-state index contributed by atoms with van der Waals surface area (Å²) in [7, 11) is 0. The fourth-order valence-corrected chi connectivity index (χ4v) is 2.28. The van der Waals surface area contributed by atoms with E-state index in [-0.39, 0.29) is 6.04 Å². The number of aromatic nitrogens is 1. The maximum atomic E-state index is 12.4. The van der Waals surface area contributed by atoms with E-state index in [1.165, 1.54) is 12.1 Å². The van der Waals surface area contributed by atoms with Gasteiger partial charge in [0.2, 0.25) is 0 Å². The van der Waals surface area contributed by atoms with Crippen molar-refractivity contribution in [2.24, 2.45) is 0 Å². The molecule has 0 aliphatic heterocycles. The number of hydrogen-bond acceptors (Lipinski definition) is 3. The van der Waals surface area contributed by atoms with Crippen LogP contribution in [0.5, 0.6) is 0 Å². The summed E-state index contributed by atoms with van der Waals surface area (Å²) in [6.07, 6.45) is -2.49. The highest BCUT2D eigenvalue weighted by Crippen LogP contribution is 2.29. The minimum atomic E-state index is -4.28. The van der Waals surface area contributed by atoms with Crippen molar-refractivity contribution in [1.82, 2.24) is 10.3 Å². The van der Waals surface area contributed by atoms with Crippen LogP contribution < -0.4 is 5.32 Å². The molecular formula is C13H13F3N2S. The number of hydrogen-bond donors (Lipinski definition) is 1. The average molecular weight is 286 g/mol. The maximum absolute atomic E-state index is 12.4. The van der Waals surface area contributed by atoms with Crippen LogP contribution in [-0.2, 0) is 12.7 Å². The fourth-order valence-electron chi connectivity index (χ4n) is 1.62. The third-order valence-corrected chi connectivity index (χ3v) is 3.73. The number of nitrogens with one attached hydrogen (secondary N) is 1. The molecule has 0 saturated heterocycles. The van der Waals surface area contributed by atoms with Crippen LogP contribution in [0, 0.1) is 0 Å². The van der Waals surface area contributed by atoms with Crippen LogP contribution in [0.2, 0.25) is 0 Å². The van der Waals surface area contributed by atoms with Crippen LogP contribution in [0.25, 0.3) is 0 Å². The molecule has 1 aromatic carbocycles. The van der Waals surface area contributed by atoms with Gasteiger partial charge in [-0.3, -0.25) is 4.98 Å². The largest absolute Gasteiger partial charge is 0.416 e. The number of alkyl halides is 3. The first-order valence-corrected chi connectivity index (χ1v) is 6.62. The van der Waals surface area contributed by atoms with Gasteiger partial charge in [-0.2, -0.15) is 13.2 Å². The molecule has 0 aliphatic rings. The normalized spacial score (nSPS) is 13.5. The van der Waals surface area contributed by atoms with Gasteiger partial charge in [0, 0.05) is 23.7 Å². The van der Waals surface area contributed by atoms with Gasteiger partial charge in [-0.1, -0.05) is 12.1 Å². The molecule has 0 fully saturated rings. The zero-order valence-corrected chi connectivity index (χ0v) is 11.1. The van der Waals surface area contributed by atoms with Crippen LogP contribution in [0.3, 0.4) is 0 Å². The van der Waals surface area contributed by atoms with E-state index in [0.29, 0.717) is 6.54 Å². The summed E-state index contributed by atoms with van der Waals surface area (Å²) in [6.45, 7) is 2.52. The van der Waals surface area contributed by atoms with Gasteiger partial charge < -0.3 is 5.32 Å². The molecule has 1 unspecified atom stereocenters. The second kappa shape index (κ2) is 5.71. The Balaban J connectivity index is 1.93. The molecule has 0 saturated carbocycles. The SMILES string of the molecule is CC(NCc1ccc(C(F)(F)F)cc1)c1cncs1. The third kappa shape index (κ3) is 3.78. The van der Waals surface area contributed by atoms with Crippen molar-refractivity contribution in [2.75, 3.05) is 0 Å². The summed E-state index contributed by atoms with van der Waals surface area (Å²) in [4.78, 5) is 5.09. The van der Waals surface area contributed by atoms with E-state index in [2.05, 4.69) is 10.3 Å². The Labute approximate surface area is 113 Å². The molecule has 2 rings (SSSR count). The third-order valence-electron chi connectivity index (χ3n) is 2.77. The Morgan fingerprint density at radius 1 is 1.26 bits per heavy atom. The fraction of sp³-hybridized carbons (Fsp3) is 0.308. The monoisotopic (exact) mass is 286 g/mol. The second-order valence-corrected chi connectivity index (χ2v) is 5.12. The van der Waals surface area contributed by atoms with Crippen molar-refractivity contribution in [3.8, 4) is 0 Å². The Morgan fingerprint density at radius 2 is 1.95 bits per heavy atom. The van der Waals surface area contributed by atoms with E-state index >= 15 is 0 Å². The summed E-state index contributed by atoms with van der Waals surface area (Å²) in [5, 5.41) is 3.25. The lowest BCUT2D eigenvalue weighted by Gasteiger charge is -2.12. The topological polar surface area (TPSA) is 24.9 Å². The lowest BCUT2D eigenvalue weighted by molar-refractivity contribution is -0.137. The molecular weight excluding hydrogens is 273 g/mol. The molecule has 6 heteroatoms. The number of halogens is 3. The summed E-state index contributed by atoms with van der Waals surface area (Å²) in [6, 6.07) is 5.34. The number of nitrogens with zero attached hydrogens (tertiary/aromatic N) is 1. The van der Waals surface area contributed by atoms with Crippen LogP contribution in [0.1, 0.15) is 29.0 Å². The Morgan fingerprint density at radius 3 is 2.47 bits per heavy atom. The van der Waals surface area contributed by atoms with Gasteiger partial charge in [0.05, 0.1) is 11.1 Å². The zero-order valence-electron chi connectivity index (χ0n) is 10.2. The molecule has 1 aromatic heterocycles. The molecule has 19 heavy (non-hydrogen) atoms. The quantitative estimate of drug-likeness (QED) is 0.918. The minimum absolute atomic E-state index is 0.134. The highest BCUT2D eigenvalue weighted by atomic mass is 32.1. The van der Waals surface area contributed by atoms with Gasteiger partial charge in [-0.15, -0.1) is 11.3 Å². The predicted octanol–water partition coefficient (Wildman–Crippen LogP) is 4.01.